The Kier molecular flexibility index (Phi) is 8.29. The second-order valence-electron chi connectivity index (χ2n) is 8.27. The summed E-state index contributed by atoms with van der Waals surface area (Å²) < 4.78 is 92.0. The number of esters is 2. The zero-order chi connectivity index (χ0) is 24.3. The van der Waals surface area contributed by atoms with Crippen LogP contribution in [0.1, 0.15) is 52.9 Å². The first-order valence-corrected chi connectivity index (χ1v) is 9.54. The van der Waals surface area contributed by atoms with Gasteiger partial charge in [-0.2, -0.15) is 26.3 Å². The molecule has 1 rings (SSSR count). The van der Waals surface area contributed by atoms with E-state index in [4.69, 9.17) is 0 Å². The van der Waals surface area contributed by atoms with Crippen molar-refractivity contribution in [3.63, 3.8) is 0 Å². The molecular formula is C19H24F6O6. The Labute approximate surface area is 174 Å². The highest BCUT2D eigenvalue weighted by atomic mass is 19.3. The minimum atomic E-state index is -6.53. The maximum absolute atomic E-state index is 14.0. The Hall–Kier alpha value is -2.14. The van der Waals surface area contributed by atoms with Crippen LogP contribution in [0.25, 0.3) is 0 Å². The minimum absolute atomic E-state index is 0.00204. The molecule has 1 fully saturated rings. The Bertz CT molecular complexity index is 707. The molecule has 0 heterocycles. The highest BCUT2D eigenvalue weighted by Gasteiger charge is 2.79. The summed E-state index contributed by atoms with van der Waals surface area (Å²) in [7, 11) is 0. The van der Waals surface area contributed by atoms with Gasteiger partial charge < -0.3 is 9.47 Å². The van der Waals surface area contributed by atoms with Crippen molar-refractivity contribution in [1.29, 1.82) is 0 Å². The van der Waals surface area contributed by atoms with E-state index in [0.29, 0.717) is 19.3 Å². The van der Waals surface area contributed by atoms with Gasteiger partial charge in [0.15, 0.2) is 0 Å². The van der Waals surface area contributed by atoms with Crippen LogP contribution in [0.5, 0.6) is 0 Å². The normalized spacial score (nSPS) is 16.5. The summed E-state index contributed by atoms with van der Waals surface area (Å²) in [6.45, 7) is 2.43. The van der Waals surface area contributed by atoms with Crippen LogP contribution >= 0.6 is 0 Å². The topological polar surface area (TPSA) is 86.7 Å². The van der Waals surface area contributed by atoms with Gasteiger partial charge in [-0.15, -0.1) is 0 Å². The summed E-state index contributed by atoms with van der Waals surface area (Å²) in [6.07, 6.45) is 1.44. The van der Waals surface area contributed by atoms with E-state index in [9.17, 15) is 45.5 Å². The molecule has 0 unspecified atom stereocenters. The van der Waals surface area contributed by atoms with Crippen molar-refractivity contribution in [3.8, 4) is 0 Å². The summed E-state index contributed by atoms with van der Waals surface area (Å²) in [5.41, 5.74) is -0.992. The van der Waals surface area contributed by atoms with E-state index in [1.807, 2.05) is 0 Å². The van der Waals surface area contributed by atoms with Crippen molar-refractivity contribution in [3.05, 3.63) is 0 Å². The van der Waals surface area contributed by atoms with Crippen LogP contribution in [0.3, 0.4) is 0 Å². The quantitative estimate of drug-likeness (QED) is 0.225. The zero-order valence-corrected chi connectivity index (χ0v) is 17.2. The van der Waals surface area contributed by atoms with E-state index in [1.54, 1.807) is 0 Å². The van der Waals surface area contributed by atoms with Crippen LogP contribution < -0.4 is 0 Å². The molecule has 0 aromatic heterocycles. The van der Waals surface area contributed by atoms with Crippen molar-refractivity contribution in [2.24, 2.45) is 11.3 Å². The zero-order valence-electron chi connectivity index (χ0n) is 17.2. The van der Waals surface area contributed by atoms with Crippen LogP contribution in [0.15, 0.2) is 0 Å². The Morgan fingerprint density at radius 1 is 0.742 bits per heavy atom. The van der Waals surface area contributed by atoms with Crippen molar-refractivity contribution >= 4 is 23.5 Å². The van der Waals surface area contributed by atoms with E-state index in [2.05, 4.69) is 9.47 Å². The number of carbonyl (C=O) groups excluding carboxylic acids is 4. The van der Waals surface area contributed by atoms with Gasteiger partial charge in [-0.1, -0.05) is 19.3 Å². The van der Waals surface area contributed by atoms with Crippen LogP contribution in [-0.2, 0) is 28.7 Å². The second-order valence-corrected chi connectivity index (χ2v) is 8.27. The van der Waals surface area contributed by atoms with E-state index in [0.717, 1.165) is 0 Å². The maximum atomic E-state index is 14.0. The lowest BCUT2D eigenvalue weighted by atomic mass is 9.83. The fourth-order valence-electron chi connectivity index (χ4n) is 2.75. The van der Waals surface area contributed by atoms with Crippen LogP contribution in [0.4, 0.5) is 26.3 Å². The van der Waals surface area contributed by atoms with Gasteiger partial charge in [0.1, 0.15) is 13.2 Å². The summed E-state index contributed by atoms with van der Waals surface area (Å²) in [5.74, 6) is -28.8. The fraction of sp³-hybridized carbons (Fsp3) is 0.789. The standard InChI is InChI=1S/C19H24F6O6/c1-16(2,3)14(28)30-9-10-31-15(29)18(22,23)19(24,25)17(20,21)13(27)12(26)11-7-5-4-6-8-11/h11H,4-10H2,1-3H3. The van der Waals surface area contributed by atoms with E-state index in [-0.39, 0.29) is 12.8 Å². The monoisotopic (exact) mass is 462 g/mol. The third kappa shape index (κ3) is 5.76. The highest BCUT2D eigenvalue weighted by molar-refractivity contribution is 6.40. The molecule has 1 saturated carbocycles. The van der Waals surface area contributed by atoms with E-state index >= 15 is 0 Å². The Balaban J connectivity index is 2.84. The summed E-state index contributed by atoms with van der Waals surface area (Å²) in [6, 6.07) is 0. The molecule has 1 aliphatic rings. The number of hydrogen-bond donors (Lipinski definition) is 0. The molecule has 1 aliphatic carbocycles. The first-order chi connectivity index (χ1) is 14.0. The highest BCUT2D eigenvalue weighted by Crippen LogP contribution is 2.47. The number of halogens is 6. The number of carbonyl (C=O) groups is 4. The molecule has 0 amide bonds. The number of Topliss-reactive ketones (excluding diaryl/α,β-unsaturated/α-hetero) is 2. The molecule has 12 heteroatoms. The van der Waals surface area contributed by atoms with Crippen LogP contribution in [0, 0.1) is 11.3 Å². The minimum Gasteiger partial charge on any atom is -0.462 e. The number of hydrogen-bond acceptors (Lipinski definition) is 6. The lowest BCUT2D eigenvalue weighted by Gasteiger charge is -2.31. The first kappa shape index (κ1) is 26.9. The van der Waals surface area contributed by atoms with Crippen molar-refractivity contribution in [2.45, 2.75) is 70.6 Å². The van der Waals surface area contributed by atoms with Gasteiger partial charge >= 0.3 is 29.7 Å². The molecule has 0 aliphatic heterocycles. The van der Waals surface area contributed by atoms with Crippen LogP contribution in [-0.4, -0.2) is 54.5 Å². The predicted octanol–water partition coefficient (Wildman–Crippen LogP) is 3.74. The van der Waals surface area contributed by atoms with Gasteiger partial charge in [0.05, 0.1) is 5.41 Å². The maximum Gasteiger partial charge on any atom is 0.411 e. The van der Waals surface area contributed by atoms with Gasteiger partial charge in [-0.05, 0) is 33.6 Å². The number of ketones is 2. The average molecular weight is 462 g/mol. The molecule has 0 aromatic rings. The molecule has 6 nitrogen and oxygen atoms in total. The lowest BCUT2D eigenvalue weighted by Crippen LogP contribution is -2.63. The molecule has 0 atom stereocenters. The van der Waals surface area contributed by atoms with Gasteiger partial charge in [-0.3, -0.25) is 14.4 Å². The molecule has 178 valence electrons. The van der Waals surface area contributed by atoms with Gasteiger partial charge in [0.2, 0.25) is 5.78 Å². The van der Waals surface area contributed by atoms with Gasteiger partial charge in [0, 0.05) is 5.92 Å². The summed E-state index contributed by atoms with van der Waals surface area (Å²) in [5, 5.41) is 0. The second kappa shape index (κ2) is 9.56. The van der Waals surface area contributed by atoms with E-state index < -0.39 is 65.8 Å². The molecule has 0 aromatic carbocycles. The fourth-order valence-corrected chi connectivity index (χ4v) is 2.75. The molecule has 0 saturated heterocycles. The SMILES string of the molecule is CC(C)(C)C(=O)OCCOC(=O)C(F)(F)C(F)(F)C(F)(F)C(=O)C(=O)C1CCCCC1. The van der Waals surface area contributed by atoms with Crippen molar-refractivity contribution in [1.82, 2.24) is 0 Å². The van der Waals surface area contributed by atoms with Crippen LogP contribution in [0.2, 0.25) is 0 Å². The van der Waals surface area contributed by atoms with Gasteiger partial charge in [0.25, 0.3) is 5.78 Å². The summed E-state index contributed by atoms with van der Waals surface area (Å²) in [4.78, 5) is 46.4. The lowest BCUT2D eigenvalue weighted by molar-refractivity contribution is -0.293. The van der Waals surface area contributed by atoms with E-state index in [1.165, 1.54) is 20.8 Å². The number of alkyl halides is 6. The predicted molar refractivity (Wildman–Crippen MR) is 92.8 cm³/mol. The third-order valence-corrected chi connectivity index (χ3v) is 4.69. The Morgan fingerprint density at radius 3 is 1.65 bits per heavy atom. The first-order valence-electron chi connectivity index (χ1n) is 9.54. The average Bonchev–Trinajstić information content (AvgIpc) is 2.69. The smallest absolute Gasteiger partial charge is 0.411 e. The third-order valence-electron chi connectivity index (χ3n) is 4.69. The van der Waals surface area contributed by atoms with Crippen molar-refractivity contribution in [2.75, 3.05) is 13.2 Å². The Morgan fingerprint density at radius 2 is 1.19 bits per heavy atom. The molecule has 0 N–H and O–H groups in total. The number of ether oxygens (including phenoxy) is 2. The summed E-state index contributed by atoms with van der Waals surface area (Å²) >= 11 is 0. The molecule has 0 spiro atoms. The molecular weight excluding hydrogens is 438 g/mol. The molecule has 0 bridgehead atoms. The van der Waals surface area contributed by atoms with Gasteiger partial charge in [-0.25, -0.2) is 4.79 Å². The molecule has 31 heavy (non-hydrogen) atoms. The number of rotatable bonds is 9. The molecule has 0 radical (unpaired) electrons. The van der Waals surface area contributed by atoms with Crippen molar-refractivity contribution < 1.29 is 55.0 Å². The largest absolute Gasteiger partial charge is 0.462 e.